The molecule has 2 aromatic rings. The number of Topliss-reactive ketones (excluding diaryl/α,β-unsaturated/α-hetero) is 1. The summed E-state index contributed by atoms with van der Waals surface area (Å²) in [5.41, 5.74) is 2.16. The molecule has 0 fully saturated rings. The van der Waals surface area contributed by atoms with Crippen molar-refractivity contribution in [2.24, 2.45) is 0 Å². The van der Waals surface area contributed by atoms with E-state index in [1.807, 2.05) is 30.3 Å². The molecule has 0 saturated heterocycles. The zero-order valence-electron chi connectivity index (χ0n) is 11.8. The summed E-state index contributed by atoms with van der Waals surface area (Å²) in [5, 5.41) is 2.65. The topological polar surface area (TPSA) is 55.4 Å². The quantitative estimate of drug-likeness (QED) is 0.829. The molecule has 2 aromatic carbocycles. The van der Waals surface area contributed by atoms with Crippen LogP contribution in [0.25, 0.3) is 0 Å². The molecule has 2 rings (SSSR count). The SMILES string of the molecule is CC(=O)Nc1cccc(C(=O)COCc2ccccc2)c1. The summed E-state index contributed by atoms with van der Waals surface area (Å²) in [6.07, 6.45) is 0. The van der Waals surface area contributed by atoms with E-state index in [0.29, 0.717) is 17.9 Å². The molecule has 0 spiro atoms. The lowest BCUT2D eigenvalue weighted by atomic mass is 10.1. The number of ether oxygens (including phenoxy) is 1. The van der Waals surface area contributed by atoms with Crippen LogP contribution in [-0.2, 0) is 16.1 Å². The van der Waals surface area contributed by atoms with Gasteiger partial charge in [0.1, 0.15) is 6.61 Å². The van der Waals surface area contributed by atoms with Gasteiger partial charge in [0.2, 0.25) is 5.91 Å². The van der Waals surface area contributed by atoms with Crippen molar-refractivity contribution in [1.29, 1.82) is 0 Å². The van der Waals surface area contributed by atoms with Gasteiger partial charge < -0.3 is 10.1 Å². The molecule has 0 unspecified atom stereocenters. The van der Waals surface area contributed by atoms with Crippen molar-refractivity contribution in [1.82, 2.24) is 0 Å². The minimum absolute atomic E-state index is 0.0123. The first-order chi connectivity index (χ1) is 10.1. The summed E-state index contributed by atoms with van der Waals surface area (Å²) in [4.78, 5) is 23.0. The Kier molecular flexibility index (Phi) is 5.23. The molecular weight excluding hydrogens is 266 g/mol. The Morgan fingerprint density at radius 2 is 1.81 bits per heavy atom. The second-order valence-electron chi connectivity index (χ2n) is 4.66. The van der Waals surface area contributed by atoms with E-state index in [4.69, 9.17) is 4.74 Å². The number of rotatable bonds is 6. The van der Waals surface area contributed by atoms with Crippen molar-refractivity contribution in [2.75, 3.05) is 11.9 Å². The predicted octanol–water partition coefficient (Wildman–Crippen LogP) is 3.04. The molecule has 4 heteroatoms. The summed E-state index contributed by atoms with van der Waals surface area (Å²) in [5.74, 6) is -0.280. The van der Waals surface area contributed by atoms with Gasteiger partial charge in [-0.15, -0.1) is 0 Å². The van der Waals surface area contributed by atoms with Gasteiger partial charge in [0.25, 0.3) is 0 Å². The summed E-state index contributed by atoms with van der Waals surface area (Å²) in [7, 11) is 0. The van der Waals surface area contributed by atoms with Gasteiger partial charge in [0.05, 0.1) is 6.61 Å². The zero-order valence-corrected chi connectivity index (χ0v) is 11.8. The van der Waals surface area contributed by atoms with E-state index in [9.17, 15) is 9.59 Å². The van der Waals surface area contributed by atoms with Gasteiger partial charge in [0.15, 0.2) is 5.78 Å². The smallest absolute Gasteiger partial charge is 0.221 e. The van der Waals surface area contributed by atoms with E-state index in [1.54, 1.807) is 24.3 Å². The first-order valence-electron chi connectivity index (χ1n) is 6.67. The van der Waals surface area contributed by atoms with Crippen LogP contribution in [0.4, 0.5) is 5.69 Å². The van der Waals surface area contributed by atoms with Gasteiger partial charge in [-0.05, 0) is 17.7 Å². The minimum Gasteiger partial charge on any atom is -0.369 e. The van der Waals surface area contributed by atoms with Crippen molar-refractivity contribution < 1.29 is 14.3 Å². The third-order valence-corrected chi connectivity index (χ3v) is 2.85. The molecule has 0 radical (unpaired) electrons. The lowest BCUT2D eigenvalue weighted by Crippen LogP contribution is -2.11. The van der Waals surface area contributed by atoms with Crippen LogP contribution in [0.5, 0.6) is 0 Å². The molecule has 0 heterocycles. The van der Waals surface area contributed by atoms with E-state index in [0.717, 1.165) is 5.56 Å². The number of carbonyl (C=O) groups is 2. The molecule has 0 aliphatic heterocycles. The maximum Gasteiger partial charge on any atom is 0.221 e. The van der Waals surface area contributed by atoms with Crippen molar-refractivity contribution in [3.05, 3.63) is 65.7 Å². The number of benzene rings is 2. The van der Waals surface area contributed by atoms with Gasteiger partial charge in [-0.2, -0.15) is 0 Å². The molecule has 0 aromatic heterocycles. The normalized spacial score (nSPS) is 10.1. The number of anilines is 1. The molecular formula is C17H17NO3. The second-order valence-corrected chi connectivity index (χ2v) is 4.66. The fraction of sp³-hybridized carbons (Fsp3) is 0.176. The number of ketones is 1. The maximum absolute atomic E-state index is 12.0. The Morgan fingerprint density at radius 1 is 1.05 bits per heavy atom. The van der Waals surface area contributed by atoms with Crippen LogP contribution in [0.2, 0.25) is 0 Å². The minimum atomic E-state index is -0.167. The van der Waals surface area contributed by atoms with Crippen LogP contribution < -0.4 is 5.32 Å². The fourth-order valence-corrected chi connectivity index (χ4v) is 1.89. The second kappa shape index (κ2) is 7.36. The van der Waals surface area contributed by atoms with Crippen molar-refractivity contribution in [2.45, 2.75) is 13.5 Å². The highest BCUT2D eigenvalue weighted by Crippen LogP contribution is 2.11. The molecule has 4 nitrogen and oxygen atoms in total. The zero-order chi connectivity index (χ0) is 15.1. The van der Waals surface area contributed by atoms with Crippen molar-refractivity contribution in [3.63, 3.8) is 0 Å². The van der Waals surface area contributed by atoms with Crippen LogP contribution >= 0.6 is 0 Å². The van der Waals surface area contributed by atoms with Gasteiger partial charge in [-0.25, -0.2) is 0 Å². The summed E-state index contributed by atoms with van der Waals surface area (Å²) in [6.45, 7) is 1.84. The molecule has 0 atom stereocenters. The number of amides is 1. The van der Waals surface area contributed by atoms with E-state index in [-0.39, 0.29) is 18.3 Å². The summed E-state index contributed by atoms with van der Waals surface area (Å²) >= 11 is 0. The van der Waals surface area contributed by atoms with Crippen molar-refractivity contribution >= 4 is 17.4 Å². The Morgan fingerprint density at radius 3 is 2.52 bits per heavy atom. The van der Waals surface area contributed by atoms with Gasteiger partial charge in [-0.3, -0.25) is 9.59 Å². The van der Waals surface area contributed by atoms with E-state index < -0.39 is 0 Å². The van der Waals surface area contributed by atoms with Crippen LogP contribution in [0.1, 0.15) is 22.8 Å². The Labute approximate surface area is 123 Å². The standard InChI is InChI=1S/C17H17NO3/c1-13(19)18-16-9-5-8-15(10-16)17(20)12-21-11-14-6-3-2-4-7-14/h2-10H,11-12H2,1H3,(H,18,19). The highest BCUT2D eigenvalue weighted by Gasteiger charge is 2.07. The van der Waals surface area contributed by atoms with E-state index in [2.05, 4.69) is 5.32 Å². The molecule has 1 amide bonds. The van der Waals surface area contributed by atoms with Gasteiger partial charge >= 0.3 is 0 Å². The number of hydrogen-bond acceptors (Lipinski definition) is 3. The molecule has 0 aliphatic rings. The molecule has 108 valence electrons. The third kappa shape index (κ3) is 4.85. The molecule has 0 aliphatic carbocycles. The van der Waals surface area contributed by atoms with Crippen LogP contribution in [-0.4, -0.2) is 18.3 Å². The Bertz CT molecular complexity index is 623. The third-order valence-electron chi connectivity index (χ3n) is 2.85. The number of nitrogens with one attached hydrogen (secondary N) is 1. The largest absolute Gasteiger partial charge is 0.369 e. The average Bonchev–Trinajstić information content (AvgIpc) is 2.48. The average molecular weight is 283 g/mol. The van der Waals surface area contributed by atoms with Gasteiger partial charge in [0, 0.05) is 18.2 Å². The molecule has 21 heavy (non-hydrogen) atoms. The molecule has 0 saturated carbocycles. The predicted molar refractivity (Wildman–Crippen MR) is 81.2 cm³/mol. The lowest BCUT2D eigenvalue weighted by Gasteiger charge is -2.06. The van der Waals surface area contributed by atoms with E-state index in [1.165, 1.54) is 6.92 Å². The van der Waals surface area contributed by atoms with E-state index >= 15 is 0 Å². The monoisotopic (exact) mass is 283 g/mol. The molecule has 0 bridgehead atoms. The van der Waals surface area contributed by atoms with Crippen LogP contribution in [0.15, 0.2) is 54.6 Å². The Hall–Kier alpha value is -2.46. The number of hydrogen-bond donors (Lipinski definition) is 1. The summed E-state index contributed by atoms with van der Waals surface area (Å²) < 4.78 is 5.42. The van der Waals surface area contributed by atoms with Gasteiger partial charge in [-0.1, -0.05) is 42.5 Å². The van der Waals surface area contributed by atoms with Crippen LogP contribution in [0.3, 0.4) is 0 Å². The van der Waals surface area contributed by atoms with Crippen molar-refractivity contribution in [3.8, 4) is 0 Å². The summed E-state index contributed by atoms with van der Waals surface area (Å²) in [6, 6.07) is 16.5. The van der Waals surface area contributed by atoms with Crippen LogP contribution in [0, 0.1) is 0 Å². The number of carbonyl (C=O) groups excluding carboxylic acids is 2. The first-order valence-corrected chi connectivity index (χ1v) is 6.67. The fourth-order valence-electron chi connectivity index (χ4n) is 1.89. The highest BCUT2D eigenvalue weighted by atomic mass is 16.5. The highest BCUT2D eigenvalue weighted by molar-refractivity contribution is 5.99. The maximum atomic E-state index is 12.0. The first kappa shape index (κ1) is 14.9. The Balaban J connectivity index is 1.89. The molecule has 1 N–H and O–H groups in total. The lowest BCUT2D eigenvalue weighted by molar-refractivity contribution is -0.114.